The first-order valence-electron chi connectivity index (χ1n) is 12.7. The number of allylic oxidation sites excluding steroid dienone is 3. The Morgan fingerprint density at radius 1 is 1.05 bits per heavy atom. The SMILES string of the molecule is CCCC1=C(C(=O)OCC)[C@H](c2ccc(OC)cc2)C2=C(C[C@H](c3cccs3)[C@H](C(=O)OCC)C2=O)N1. The molecular weight excluding hydrogens is 490 g/mol. The summed E-state index contributed by atoms with van der Waals surface area (Å²) >= 11 is 1.52. The van der Waals surface area contributed by atoms with Crippen molar-refractivity contribution in [2.75, 3.05) is 20.3 Å². The van der Waals surface area contributed by atoms with Crippen LogP contribution in [0, 0.1) is 5.92 Å². The van der Waals surface area contributed by atoms with Crippen molar-refractivity contribution in [2.45, 2.75) is 51.9 Å². The molecule has 0 saturated carbocycles. The maximum atomic E-state index is 14.3. The molecule has 0 amide bonds. The van der Waals surface area contributed by atoms with Gasteiger partial charge in [0.1, 0.15) is 11.7 Å². The van der Waals surface area contributed by atoms with Crippen molar-refractivity contribution in [2.24, 2.45) is 5.92 Å². The third kappa shape index (κ3) is 5.21. The number of hydrogen-bond donors (Lipinski definition) is 1. The van der Waals surface area contributed by atoms with Crippen LogP contribution in [0.3, 0.4) is 0 Å². The van der Waals surface area contributed by atoms with Gasteiger partial charge in [-0.15, -0.1) is 11.3 Å². The van der Waals surface area contributed by atoms with Gasteiger partial charge in [-0.1, -0.05) is 31.5 Å². The van der Waals surface area contributed by atoms with E-state index < -0.39 is 23.8 Å². The fourth-order valence-corrected chi connectivity index (χ4v) is 6.11. The smallest absolute Gasteiger partial charge is 0.336 e. The average molecular weight is 524 g/mol. The summed E-state index contributed by atoms with van der Waals surface area (Å²) in [6, 6.07) is 11.2. The van der Waals surface area contributed by atoms with Gasteiger partial charge in [0.15, 0.2) is 5.78 Å². The molecule has 0 unspecified atom stereocenters. The molecule has 4 rings (SSSR count). The largest absolute Gasteiger partial charge is 0.497 e. The number of methoxy groups -OCH3 is 1. The fourth-order valence-electron chi connectivity index (χ4n) is 5.25. The number of hydrogen-bond acceptors (Lipinski definition) is 8. The Labute approximate surface area is 221 Å². The molecule has 1 aromatic heterocycles. The minimum atomic E-state index is -0.990. The molecule has 0 spiro atoms. The van der Waals surface area contributed by atoms with Crippen LogP contribution in [-0.2, 0) is 23.9 Å². The molecule has 0 radical (unpaired) electrons. The monoisotopic (exact) mass is 523 g/mol. The maximum Gasteiger partial charge on any atom is 0.336 e. The van der Waals surface area contributed by atoms with E-state index in [2.05, 4.69) is 5.32 Å². The third-order valence-electron chi connectivity index (χ3n) is 6.80. The molecule has 196 valence electrons. The molecule has 8 heteroatoms. The fraction of sp³-hybridized carbons (Fsp3) is 0.414. The number of Topliss-reactive ketones (excluding diaryl/α,β-unsaturated/α-hetero) is 1. The minimum absolute atomic E-state index is 0.181. The molecule has 7 nitrogen and oxygen atoms in total. The van der Waals surface area contributed by atoms with Gasteiger partial charge in [-0.3, -0.25) is 9.59 Å². The summed E-state index contributed by atoms with van der Waals surface area (Å²) in [6.07, 6.45) is 1.88. The van der Waals surface area contributed by atoms with Crippen LogP contribution in [-0.4, -0.2) is 38.0 Å². The summed E-state index contributed by atoms with van der Waals surface area (Å²) < 4.78 is 16.2. The second-order valence-electron chi connectivity index (χ2n) is 9.01. The Morgan fingerprint density at radius 2 is 1.78 bits per heavy atom. The zero-order chi connectivity index (χ0) is 26.5. The highest BCUT2D eigenvalue weighted by Gasteiger charge is 2.49. The molecule has 1 aromatic carbocycles. The molecule has 0 fully saturated rings. The van der Waals surface area contributed by atoms with Gasteiger partial charge in [-0.2, -0.15) is 0 Å². The normalized spacial score (nSPS) is 21.3. The van der Waals surface area contributed by atoms with E-state index in [1.54, 1.807) is 21.0 Å². The lowest BCUT2D eigenvalue weighted by Crippen LogP contribution is -2.43. The molecule has 1 aliphatic heterocycles. The zero-order valence-electron chi connectivity index (χ0n) is 21.7. The molecule has 1 aliphatic carbocycles. The van der Waals surface area contributed by atoms with Crippen LogP contribution in [0.4, 0.5) is 0 Å². The number of nitrogens with one attached hydrogen (secondary N) is 1. The Kier molecular flexibility index (Phi) is 8.48. The molecule has 2 aromatic rings. The van der Waals surface area contributed by atoms with Crippen molar-refractivity contribution in [1.82, 2.24) is 5.32 Å². The van der Waals surface area contributed by atoms with E-state index in [1.807, 2.05) is 48.7 Å². The molecule has 1 N–H and O–H groups in total. The summed E-state index contributed by atoms with van der Waals surface area (Å²) in [4.78, 5) is 41.8. The molecule has 0 bridgehead atoms. The van der Waals surface area contributed by atoms with Gasteiger partial charge >= 0.3 is 11.9 Å². The van der Waals surface area contributed by atoms with Crippen molar-refractivity contribution >= 4 is 29.1 Å². The highest BCUT2D eigenvalue weighted by Crippen LogP contribution is 2.49. The topological polar surface area (TPSA) is 90.9 Å². The lowest BCUT2D eigenvalue weighted by molar-refractivity contribution is -0.152. The van der Waals surface area contributed by atoms with E-state index in [0.29, 0.717) is 29.7 Å². The summed E-state index contributed by atoms with van der Waals surface area (Å²) in [7, 11) is 1.59. The second-order valence-corrected chi connectivity index (χ2v) is 9.99. The van der Waals surface area contributed by atoms with E-state index in [-0.39, 0.29) is 24.9 Å². The van der Waals surface area contributed by atoms with E-state index in [4.69, 9.17) is 14.2 Å². The van der Waals surface area contributed by atoms with Crippen LogP contribution in [0.25, 0.3) is 0 Å². The number of carbonyl (C=O) groups excluding carboxylic acids is 3. The Bertz CT molecular complexity index is 1210. The summed E-state index contributed by atoms with van der Waals surface area (Å²) in [5.41, 5.74) is 3.11. The lowest BCUT2D eigenvalue weighted by Gasteiger charge is -2.39. The summed E-state index contributed by atoms with van der Waals surface area (Å²) in [5.74, 6) is -2.66. The first-order valence-corrected chi connectivity index (χ1v) is 13.6. The average Bonchev–Trinajstić information content (AvgIpc) is 3.43. The number of dihydropyridines is 1. The van der Waals surface area contributed by atoms with Crippen LogP contribution in [0.2, 0.25) is 0 Å². The Morgan fingerprint density at radius 3 is 2.38 bits per heavy atom. The number of carbonyl (C=O) groups is 3. The molecule has 2 aliphatic rings. The van der Waals surface area contributed by atoms with Crippen LogP contribution >= 0.6 is 11.3 Å². The minimum Gasteiger partial charge on any atom is -0.497 e. The zero-order valence-corrected chi connectivity index (χ0v) is 22.5. The standard InChI is InChI=1S/C29H33NO6S/c1-5-9-20-26(29(33)36-7-3)23(17-11-13-18(34-4)14-12-17)25-21(30-20)16-19(22-10-8-15-37-22)24(27(25)31)28(32)35-6-2/h8,10-15,19,23-24,30H,5-7,9,16H2,1-4H3/t19-,23-,24+/m1/s1. The number of rotatable bonds is 9. The van der Waals surface area contributed by atoms with E-state index in [9.17, 15) is 14.4 Å². The van der Waals surface area contributed by atoms with Crippen LogP contribution < -0.4 is 10.1 Å². The summed E-state index contributed by atoms with van der Waals surface area (Å²) in [5, 5.41) is 5.39. The van der Waals surface area contributed by atoms with Gasteiger partial charge < -0.3 is 19.5 Å². The van der Waals surface area contributed by atoms with Crippen molar-refractivity contribution in [3.8, 4) is 5.75 Å². The number of esters is 2. The van der Waals surface area contributed by atoms with Crippen LogP contribution in [0.1, 0.15) is 62.3 Å². The Balaban J connectivity index is 1.91. The number of benzene rings is 1. The quantitative estimate of drug-likeness (QED) is 0.355. The van der Waals surface area contributed by atoms with Crippen LogP contribution in [0.5, 0.6) is 5.75 Å². The van der Waals surface area contributed by atoms with Crippen molar-refractivity contribution in [1.29, 1.82) is 0 Å². The number of ketones is 1. The maximum absolute atomic E-state index is 14.3. The molecule has 3 atom stereocenters. The second kappa shape index (κ2) is 11.8. The van der Waals surface area contributed by atoms with Gasteiger partial charge in [-0.05, 0) is 55.8 Å². The van der Waals surface area contributed by atoms with Gasteiger partial charge in [0.05, 0.1) is 25.9 Å². The molecule has 2 heterocycles. The lowest BCUT2D eigenvalue weighted by atomic mass is 9.68. The summed E-state index contributed by atoms with van der Waals surface area (Å²) in [6.45, 7) is 5.93. The van der Waals surface area contributed by atoms with Gasteiger partial charge in [0.25, 0.3) is 0 Å². The number of thiophene rings is 1. The first kappa shape index (κ1) is 26.7. The third-order valence-corrected chi connectivity index (χ3v) is 7.80. The van der Waals surface area contributed by atoms with Crippen molar-refractivity contribution in [3.63, 3.8) is 0 Å². The highest BCUT2D eigenvalue weighted by atomic mass is 32.1. The van der Waals surface area contributed by atoms with E-state index in [1.165, 1.54) is 11.3 Å². The van der Waals surface area contributed by atoms with Gasteiger partial charge in [0.2, 0.25) is 0 Å². The van der Waals surface area contributed by atoms with Gasteiger partial charge in [0, 0.05) is 33.7 Å². The predicted octanol–water partition coefficient (Wildman–Crippen LogP) is 5.25. The first-order chi connectivity index (χ1) is 17.9. The molecule has 37 heavy (non-hydrogen) atoms. The molecular formula is C29H33NO6S. The molecule has 0 saturated heterocycles. The van der Waals surface area contributed by atoms with Crippen LogP contribution in [0.15, 0.2) is 64.3 Å². The van der Waals surface area contributed by atoms with Crippen molar-refractivity contribution in [3.05, 3.63) is 74.8 Å². The van der Waals surface area contributed by atoms with E-state index >= 15 is 0 Å². The highest BCUT2D eigenvalue weighted by molar-refractivity contribution is 7.10. The van der Waals surface area contributed by atoms with Crippen molar-refractivity contribution < 1.29 is 28.6 Å². The Hall–Kier alpha value is -3.39. The number of ether oxygens (including phenoxy) is 3. The van der Waals surface area contributed by atoms with E-state index in [0.717, 1.165) is 28.3 Å². The van der Waals surface area contributed by atoms with Gasteiger partial charge in [-0.25, -0.2) is 4.79 Å². The predicted molar refractivity (Wildman–Crippen MR) is 141 cm³/mol.